The second-order valence-corrected chi connectivity index (χ2v) is 5.14. The molecule has 0 aromatic carbocycles. The summed E-state index contributed by atoms with van der Waals surface area (Å²) in [7, 11) is 0. The number of thiophene rings is 1. The summed E-state index contributed by atoms with van der Waals surface area (Å²) in [5.41, 5.74) is 0.829. The molecule has 0 aliphatic carbocycles. The summed E-state index contributed by atoms with van der Waals surface area (Å²) in [5.74, 6) is 0. The van der Waals surface area contributed by atoms with Crippen molar-refractivity contribution in [1.29, 1.82) is 0 Å². The maximum atomic E-state index is 11.5. The zero-order valence-corrected chi connectivity index (χ0v) is 11.8. The minimum atomic E-state index is -0.655. The quantitative estimate of drug-likeness (QED) is 0.675. The zero-order chi connectivity index (χ0) is 14.2. The smallest absolute Gasteiger partial charge is 0.314 e. The minimum Gasteiger partial charge on any atom is -0.387 e. The monoisotopic (exact) mass is 294 g/mol. The molecule has 7 heteroatoms. The van der Waals surface area contributed by atoms with Gasteiger partial charge < -0.3 is 20.3 Å². The van der Waals surface area contributed by atoms with Gasteiger partial charge in [0, 0.05) is 32.0 Å². The molecule has 6 nitrogen and oxygen atoms in total. The van der Waals surface area contributed by atoms with Gasteiger partial charge in [0.25, 0.3) is 0 Å². The lowest BCUT2D eigenvalue weighted by molar-refractivity contribution is 0.173. The molecule has 1 atom stereocenters. The van der Waals surface area contributed by atoms with Gasteiger partial charge in [-0.3, -0.25) is 0 Å². The molecule has 108 valence electrons. The maximum Gasteiger partial charge on any atom is 0.314 e. The van der Waals surface area contributed by atoms with Gasteiger partial charge in [-0.05, 0) is 28.8 Å². The van der Waals surface area contributed by atoms with Crippen molar-refractivity contribution in [3.8, 4) is 0 Å². The fourth-order valence-corrected chi connectivity index (χ4v) is 2.42. The first-order chi connectivity index (χ1) is 9.75. The van der Waals surface area contributed by atoms with Gasteiger partial charge in [0.2, 0.25) is 0 Å². The summed E-state index contributed by atoms with van der Waals surface area (Å²) >= 11 is 1.52. The third-order valence-corrected chi connectivity index (χ3v) is 3.52. The van der Waals surface area contributed by atoms with E-state index in [9.17, 15) is 9.90 Å². The number of imidazole rings is 1. The largest absolute Gasteiger partial charge is 0.387 e. The molecule has 2 amide bonds. The van der Waals surface area contributed by atoms with Crippen LogP contribution in [0.1, 0.15) is 18.1 Å². The van der Waals surface area contributed by atoms with Crippen molar-refractivity contribution in [2.45, 2.75) is 19.1 Å². The number of rotatable bonds is 7. The summed E-state index contributed by atoms with van der Waals surface area (Å²) < 4.78 is 1.96. The van der Waals surface area contributed by atoms with E-state index in [0.29, 0.717) is 6.54 Å². The Kier molecular flexibility index (Phi) is 5.57. The number of hydrogen-bond donors (Lipinski definition) is 3. The van der Waals surface area contributed by atoms with Gasteiger partial charge >= 0.3 is 6.03 Å². The van der Waals surface area contributed by atoms with E-state index in [1.807, 2.05) is 27.6 Å². The average Bonchev–Trinajstić information content (AvgIpc) is 3.13. The zero-order valence-electron chi connectivity index (χ0n) is 11.0. The molecule has 0 aliphatic heterocycles. The van der Waals surface area contributed by atoms with Crippen LogP contribution < -0.4 is 10.6 Å². The Morgan fingerprint density at radius 1 is 1.50 bits per heavy atom. The summed E-state index contributed by atoms with van der Waals surface area (Å²) in [4.78, 5) is 15.5. The number of aryl methyl sites for hydroxylation is 1. The van der Waals surface area contributed by atoms with Gasteiger partial charge in [-0.25, -0.2) is 9.78 Å². The van der Waals surface area contributed by atoms with Crippen molar-refractivity contribution in [3.05, 3.63) is 41.1 Å². The number of nitrogens with one attached hydrogen (secondary N) is 2. The predicted molar refractivity (Wildman–Crippen MR) is 77.5 cm³/mol. The van der Waals surface area contributed by atoms with E-state index in [0.717, 1.165) is 18.5 Å². The summed E-state index contributed by atoms with van der Waals surface area (Å²) in [6.45, 7) is 1.61. The second-order valence-electron chi connectivity index (χ2n) is 4.36. The van der Waals surface area contributed by atoms with Crippen LogP contribution in [0.25, 0.3) is 0 Å². The summed E-state index contributed by atoms with van der Waals surface area (Å²) in [6, 6.07) is 1.59. The van der Waals surface area contributed by atoms with E-state index in [1.54, 1.807) is 12.5 Å². The standard InChI is InChI=1S/C13H18N4O2S/c18-12(11-2-7-20-9-11)8-16-13(19)15-3-1-5-17-6-4-14-10-17/h2,4,6-7,9-10,12,18H,1,3,5,8H2,(H2,15,16,19). The van der Waals surface area contributed by atoms with Gasteiger partial charge in [0.1, 0.15) is 0 Å². The highest BCUT2D eigenvalue weighted by Gasteiger charge is 2.09. The fraction of sp³-hybridized carbons (Fsp3) is 0.385. The second kappa shape index (κ2) is 7.66. The third-order valence-electron chi connectivity index (χ3n) is 2.82. The Labute approximate surface area is 121 Å². The molecule has 0 saturated carbocycles. The minimum absolute atomic E-state index is 0.212. The molecular weight excluding hydrogens is 276 g/mol. The lowest BCUT2D eigenvalue weighted by Crippen LogP contribution is -2.38. The fourth-order valence-electron chi connectivity index (χ4n) is 1.72. The van der Waals surface area contributed by atoms with Gasteiger partial charge in [-0.2, -0.15) is 11.3 Å². The van der Waals surface area contributed by atoms with Crippen molar-refractivity contribution in [2.75, 3.05) is 13.1 Å². The van der Waals surface area contributed by atoms with Gasteiger partial charge in [0.05, 0.1) is 12.4 Å². The molecule has 0 aliphatic rings. The molecule has 2 aromatic rings. The highest BCUT2D eigenvalue weighted by Crippen LogP contribution is 2.14. The number of hydrogen-bond acceptors (Lipinski definition) is 4. The van der Waals surface area contributed by atoms with E-state index < -0.39 is 6.10 Å². The molecule has 1 unspecified atom stereocenters. The van der Waals surface area contributed by atoms with Crippen LogP contribution in [0.2, 0.25) is 0 Å². The number of carbonyl (C=O) groups is 1. The predicted octanol–water partition coefficient (Wildman–Crippen LogP) is 1.37. The number of urea groups is 1. The molecular formula is C13H18N4O2S. The molecule has 0 saturated heterocycles. The molecule has 2 heterocycles. The van der Waals surface area contributed by atoms with E-state index in [-0.39, 0.29) is 12.6 Å². The number of aromatic nitrogens is 2. The lowest BCUT2D eigenvalue weighted by Gasteiger charge is -2.11. The SMILES string of the molecule is O=C(NCCCn1ccnc1)NCC(O)c1ccsc1. The summed E-state index contributed by atoms with van der Waals surface area (Å²) in [5, 5.41) is 19.0. The van der Waals surface area contributed by atoms with Crippen molar-refractivity contribution >= 4 is 17.4 Å². The number of aliphatic hydroxyl groups excluding tert-OH is 1. The van der Waals surface area contributed by atoms with Crippen LogP contribution in [0.3, 0.4) is 0 Å². The Morgan fingerprint density at radius 2 is 2.40 bits per heavy atom. The maximum absolute atomic E-state index is 11.5. The molecule has 0 bridgehead atoms. The Balaban J connectivity index is 1.56. The third kappa shape index (κ3) is 4.67. The van der Waals surface area contributed by atoms with Gasteiger partial charge in [0.15, 0.2) is 0 Å². The first kappa shape index (κ1) is 14.5. The molecule has 0 spiro atoms. The number of aliphatic hydroxyl groups is 1. The highest BCUT2D eigenvalue weighted by molar-refractivity contribution is 7.07. The van der Waals surface area contributed by atoms with Crippen LogP contribution in [0.5, 0.6) is 0 Å². The van der Waals surface area contributed by atoms with Gasteiger partial charge in [-0.1, -0.05) is 0 Å². The molecule has 3 N–H and O–H groups in total. The van der Waals surface area contributed by atoms with E-state index in [4.69, 9.17) is 0 Å². The van der Waals surface area contributed by atoms with Crippen LogP contribution in [-0.4, -0.2) is 33.8 Å². The van der Waals surface area contributed by atoms with Gasteiger partial charge in [-0.15, -0.1) is 0 Å². The topological polar surface area (TPSA) is 79.2 Å². The van der Waals surface area contributed by atoms with E-state index in [2.05, 4.69) is 15.6 Å². The number of carbonyl (C=O) groups excluding carboxylic acids is 1. The van der Waals surface area contributed by atoms with Crippen LogP contribution >= 0.6 is 11.3 Å². The normalized spacial score (nSPS) is 12.1. The first-order valence-electron chi connectivity index (χ1n) is 6.43. The molecule has 20 heavy (non-hydrogen) atoms. The van der Waals surface area contributed by atoms with Crippen LogP contribution in [0.15, 0.2) is 35.5 Å². The molecule has 2 aromatic heterocycles. The summed E-state index contributed by atoms with van der Waals surface area (Å²) in [6.07, 6.45) is 5.54. The van der Waals surface area contributed by atoms with Crippen LogP contribution in [0, 0.1) is 0 Å². The molecule has 2 rings (SSSR count). The van der Waals surface area contributed by atoms with Crippen LogP contribution in [-0.2, 0) is 6.54 Å². The lowest BCUT2D eigenvalue weighted by atomic mass is 10.2. The number of amides is 2. The van der Waals surface area contributed by atoms with Crippen molar-refractivity contribution in [1.82, 2.24) is 20.2 Å². The van der Waals surface area contributed by atoms with Crippen molar-refractivity contribution in [2.24, 2.45) is 0 Å². The Hall–Kier alpha value is -1.86. The van der Waals surface area contributed by atoms with E-state index in [1.165, 1.54) is 11.3 Å². The van der Waals surface area contributed by atoms with Crippen molar-refractivity contribution in [3.63, 3.8) is 0 Å². The highest BCUT2D eigenvalue weighted by atomic mass is 32.1. The average molecular weight is 294 g/mol. The van der Waals surface area contributed by atoms with E-state index >= 15 is 0 Å². The van der Waals surface area contributed by atoms with Crippen molar-refractivity contribution < 1.29 is 9.90 Å². The number of nitrogens with zero attached hydrogens (tertiary/aromatic N) is 2. The molecule has 0 radical (unpaired) electrons. The van der Waals surface area contributed by atoms with Crippen LogP contribution in [0.4, 0.5) is 4.79 Å². The Bertz CT molecular complexity index is 498. The Morgan fingerprint density at radius 3 is 3.10 bits per heavy atom. The molecule has 0 fully saturated rings. The first-order valence-corrected chi connectivity index (χ1v) is 7.37.